The normalized spacial score (nSPS) is 24.9. The zero-order valence-electron chi connectivity index (χ0n) is 15.0. The predicted molar refractivity (Wildman–Crippen MR) is 111 cm³/mol. The molecule has 27 heavy (non-hydrogen) atoms. The maximum atomic E-state index is 12.5. The molecule has 4 nitrogen and oxygen atoms in total. The van der Waals surface area contributed by atoms with E-state index in [1.165, 1.54) is 19.3 Å². The number of nitrogens with one attached hydrogen (secondary N) is 1. The van der Waals surface area contributed by atoms with Crippen molar-refractivity contribution in [3.63, 3.8) is 0 Å². The number of halogens is 4. The van der Waals surface area contributed by atoms with Gasteiger partial charge in [-0.05, 0) is 69.0 Å². The third kappa shape index (κ3) is 5.88. The summed E-state index contributed by atoms with van der Waals surface area (Å²) >= 11 is 24.1. The van der Waals surface area contributed by atoms with Gasteiger partial charge in [-0.3, -0.25) is 4.79 Å². The largest absolute Gasteiger partial charge is 0.354 e. The van der Waals surface area contributed by atoms with E-state index >= 15 is 0 Å². The van der Waals surface area contributed by atoms with Crippen LogP contribution in [0.3, 0.4) is 0 Å². The van der Waals surface area contributed by atoms with Gasteiger partial charge >= 0.3 is 0 Å². The maximum Gasteiger partial charge on any atom is 0.253 e. The number of carbonyl (C=O) groups is 1. The van der Waals surface area contributed by atoms with Gasteiger partial charge in [0.15, 0.2) is 6.23 Å². The highest BCUT2D eigenvalue weighted by atomic mass is 35.6. The first-order chi connectivity index (χ1) is 12.8. The number of nitrogens with zero attached hydrogens (tertiary/aromatic N) is 1. The monoisotopic (exact) mass is 452 g/mol. The number of amides is 1. The van der Waals surface area contributed by atoms with Gasteiger partial charge in [0.05, 0.1) is 6.61 Å². The molecule has 2 aliphatic rings. The Morgan fingerprint density at radius 3 is 2.56 bits per heavy atom. The first kappa shape index (κ1) is 21.5. The number of carbonyl (C=O) groups excluding carboxylic acids is 1. The van der Waals surface area contributed by atoms with Crippen molar-refractivity contribution >= 4 is 52.3 Å². The van der Waals surface area contributed by atoms with E-state index in [1.54, 1.807) is 24.3 Å². The number of hydrogen-bond acceptors (Lipinski definition) is 3. The Kier molecular flexibility index (Phi) is 7.57. The van der Waals surface area contributed by atoms with E-state index in [4.69, 9.17) is 51.1 Å². The van der Waals surface area contributed by atoms with Gasteiger partial charge in [-0.1, -0.05) is 52.8 Å². The van der Waals surface area contributed by atoms with Gasteiger partial charge in [-0.2, -0.15) is 0 Å². The van der Waals surface area contributed by atoms with Crippen molar-refractivity contribution in [3.8, 4) is 0 Å². The van der Waals surface area contributed by atoms with Crippen molar-refractivity contribution in [2.45, 2.75) is 48.2 Å². The van der Waals surface area contributed by atoms with Crippen LogP contribution in [-0.2, 0) is 4.74 Å². The van der Waals surface area contributed by atoms with E-state index in [2.05, 4.69) is 10.2 Å². The lowest BCUT2D eigenvalue weighted by Crippen LogP contribution is -2.51. The molecule has 2 saturated heterocycles. The molecule has 2 fully saturated rings. The van der Waals surface area contributed by atoms with Crippen molar-refractivity contribution in [1.82, 2.24) is 10.2 Å². The van der Waals surface area contributed by atoms with Crippen molar-refractivity contribution in [1.29, 1.82) is 0 Å². The highest BCUT2D eigenvalue weighted by molar-refractivity contribution is 6.68. The Labute approximate surface area is 180 Å². The molecule has 8 heteroatoms. The summed E-state index contributed by atoms with van der Waals surface area (Å²) in [6, 6.07) is 7.04. The second-order valence-corrected chi connectivity index (χ2v) is 10.0. The van der Waals surface area contributed by atoms with Crippen molar-refractivity contribution in [2.24, 2.45) is 5.92 Å². The molecule has 150 valence electrons. The summed E-state index contributed by atoms with van der Waals surface area (Å²) in [5, 5.41) is 3.24. The summed E-state index contributed by atoms with van der Waals surface area (Å²) in [6.07, 6.45) is 4.92. The third-order valence-corrected chi connectivity index (χ3v) is 6.22. The van der Waals surface area contributed by atoms with Crippen LogP contribution < -0.4 is 5.32 Å². The van der Waals surface area contributed by atoms with Crippen molar-refractivity contribution < 1.29 is 9.53 Å². The molecule has 1 N–H and O–H groups in total. The molecule has 0 radical (unpaired) electrons. The smallest absolute Gasteiger partial charge is 0.253 e. The van der Waals surface area contributed by atoms with Crippen molar-refractivity contribution in [2.75, 3.05) is 19.7 Å². The van der Waals surface area contributed by atoms with Crippen LogP contribution in [0.1, 0.15) is 42.5 Å². The van der Waals surface area contributed by atoms with E-state index in [1.807, 2.05) is 0 Å². The second kappa shape index (κ2) is 9.51. The summed E-state index contributed by atoms with van der Waals surface area (Å²) in [5.74, 6) is 0.0206. The van der Waals surface area contributed by atoms with E-state index < -0.39 is 10.0 Å². The van der Waals surface area contributed by atoms with E-state index in [9.17, 15) is 4.79 Å². The van der Waals surface area contributed by atoms with Crippen LogP contribution in [-0.4, -0.2) is 46.6 Å². The summed E-state index contributed by atoms with van der Waals surface area (Å²) in [7, 11) is 0. The molecule has 2 aliphatic heterocycles. The fourth-order valence-electron chi connectivity index (χ4n) is 4.01. The van der Waals surface area contributed by atoms with E-state index in [-0.39, 0.29) is 5.91 Å². The molecule has 1 aromatic carbocycles. The van der Waals surface area contributed by atoms with Gasteiger partial charge < -0.3 is 15.0 Å². The third-order valence-electron chi connectivity index (χ3n) is 5.37. The number of fused-ring (bicyclic) bond motifs is 1. The van der Waals surface area contributed by atoms with Gasteiger partial charge in [-0.15, -0.1) is 0 Å². The lowest BCUT2D eigenvalue weighted by Gasteiger charge is -2.44. The molecule has 0 aliphatic carbocycles. The first-order valence-corrected chi connectivity index (χ1v) is 10.8. The summed E-state index contributed by atoms with van der Waals surface area (Å²) in [6.45, 7) is 2.77. The van der Waals surface area contributed by atoms with E-state index in [0.29, 0.717) is 29.2 Å². The molecule has 2 heterocycles. The minimum atomic E-state index is -1.76. The van der Waals surface area contributed by atoms with Gasteiger partial charge in [0.25, 0.3) is 5.91 Å². The van der Waals surface area contributed by atoms with Crippen LogP contribution in [0.4, 0.5) is 0 Å². The molecule has 0 saturated carbocycles. The van der Waals surface area contributed by atoms with Crippen LogP contribution in [0, 0.1) is 5.92 Å². The number of ether oxygens (including phenoxy) is 1. The number of rotatable bonds is 5. The molecule has 3 atom stereocenters. The van der Waals surface area contributed by atoms with Crippen molar-refractivity contribution in [3.05, 3.63) is 34.9 Å². The van der Waals surface area contributed by atoms with Gasteiger partial charge in [0.1, 0.15) is 0 Å². The highest BCUT2D eigenvalue weighted by Crippen LogP contribution is 2.34. The summed E-state index contributed by atoms with van der Waals surface area (Å²) < 4.78 is 4.17. The first-order valence-electron chi connectivity index (χ1n) is 9.33. The molecule has 0 aromatic heterocycles. The Hall–Kier alpha value is -0.230. The molecule has 1 aromatic rings. The van der Waals surface area contributed by atoms with Gasteiger partial charge in [0, 0.05) is 16.6 Å². The standard InChI is InChI=1S/C19H24Cl4N2O2/c20-15-8-6-13(7-9-15)17(26)24-18(19(21,22)23)27-12-14-4-3-11-25-10-2-1-5-16(14)25/h6-9,14,16,18H,1-5,10-12H2,(H,24,26)/t14-,16-,18+/m1/s1. The minimum absolute atomic E-state index is 0.370. The lowest BCUT2D eigenvalue weighted by atomic mass is 9.84. The average molecular weight is 454 g/mol. The van der Waals surface area contributed by atoms with Gasteiger partial charge in [0.2, 0.25) is 3.79 Å². The minimum Gasteiger partial charge on any atom is -0.354 e. The molecular formula is C19H24Cl4N2O2. The van der Waals surface area contributed by atoms with Gasteiger partial charge in [-0.25, -0.2) is 0 Å². The average Bonchev–Trinajstić information content (AvgIpc) is 2.64. The van der Waals surface area contributed by atoms with Crippen LogP contribution in [0.5, 0.6) is 0 Å². The maximum absolute atomic E-state index is 12.5. The predicted octanol–water partition coefficient (Wildman–Crippen LogP) is 5.05. The molecule has 0 spiro atoms. The summed E-state index contributed by atoms with van der Waals surface area (Å²) in [5.41, 5.74) is 0.429. The topological polar surface area (TPSA) is 41.6 Å². The Morgan fingerprint density at radius 1 is 1.15 bits per heavy atom. The Morgan fingerprint density at radius 2 is 1.85 bits per heavy atom. The number of alkyl halides is 3. The fourth-order valence-corrected chi connectivity index (χ4v) is 4.49. The molecule has 3 rings (SSSR count). The van der Waals surface area contributed by atoms with Crippen LogP contribution >= 0.6 is 46.4 Å². The van der Waals surface area contributed by atoms with E-state index in [0.717, 1.165) is 25.9 Å². The number of hydrogen-bond donors (Lipinski definition) is 1. The molecule has 0 unspecified atom stereocenters. The highest BCUT2D eigenvalue weighted by Gasteiger charge is 2.38. The molecule has 1 amide bonds. The van der Waals surface area contributed by atoms with Crippen LogP contribution in [0.2, 0.25) is 5.02 Å². The molecular weight excluding hydrogens is 430 g/mol. The zero-order chi connectivity index (χ0) is 19.4. The van der Waals surface area contributed by atoms with Crippen LogP contribution in [0.15, 0.2) is 24.3 Å². The number of piperidine rings is 2. The quantitative estimate of drug-likeness (QED) is 0.501. The van der Waals surface area contributed by atoms with Crippen LogP contribution in [0.25, 0.3) is 0 Å². The second-order valence-electron chi connectivity index (χ2n) is 7.24. The SMILES string of the molecule is O=C(N[C@@H](OC[C@H]1CCCN2CCCC[C@H]12)C(Cl)(Cl)Cl)c1ccc(Cl)cc1. The Bertz CT molecular complexity index is 634. The number of benzene rings is 1. The fraction of sp³-hybridized carbons (Fsp3) is 0.632. The lowest BCUT2D eigenvalue weighted by molar-refractivity contribution is -0.0325. The zero-order valence-corrected chi connectivity index (χ0v) is 18.0. The Balaban J connectivity index is 1.61. The summed E-state index contributed by atoms with van der Waals surface area (Å²) in [4.78, 5) is 15.0. The molecule has 0 bridgehead atoms.